The van der Waals surface area contributed by atoms with Gasteiger partial charge in [-0.2, -0.15) is 0 Å². The van der Waals surface area contributed by atoms with Gasteiger partial charge in [-0.05, 0) is 63.4 Å². The van der Waals surface area contributed by atoms with Crippen molar-refractivity contribution in [3.8, 4) is 5.69 Å². The van der Waals surface area contributed by atoms with Crippen LogP contribution < -0.4 is 5.32 Å². The van der Waals surface area contributed by atoms with Crippen LogP contribution in [-0.4, -0.2) is 52.5 Å². The van der Waals surface area contributed by atoms with Crippen molar-refractivity contribution in [1.82, 2.24) is 25.2 Å². The summed E-state index contributed by atoms with van der Waals surface area (Å²) < 4.78 is 1.67. The molecular weight excluding hydrogens is 338 g/mol. The fraction of sp³-hybridized carbons (Fsp3) is 0.500. The number of rotatable bonds is 5. The molecule has 3 rings (SSSR count). The first-order valence-corrected chi connectivity index (χ1v) is 8.60. The van der Waals surface area contributed by atoms with Crippen molar-refractivity contribution >= 4 is 18.3 Å². The highest BCUT2D eigenvalue weighted by molar-refractivity contribution is 5.92. The molecule has 7 heteroatoms. The Balaban J connectivity index is 0.00000225. The molecule has 1 aromatic carbocycles. The Bertz CT molecular complexity index is 694. The average Bonchev–Trinajstić information content (AvgIpc) is 3.10. The first-order chi connectivity index (χ1) is 11.7. The van der Waals surface area contributed by atoms with Crippen LogP contribution in [0.4, 0.5) is 0 Å². The van der Waals surface area contributed by atoms with Crippen LogP contribution in [0.3, 0.4) is 0 Å². The highest BCUT2D eigenvalue weighted by atomic mass is 35.5. The predicted octanol–water partition coefficient (Wildman–Crippen LogP) is 2.46. The summed E-state index contributed by atoms with van der Waals surface area (Å²) in [7, 11) is 1.98. The van der Waals surface area contributed by atoms with Crippen molar-refractivity contribution < 1.29 is 4.79 Å². The van der Waals surface area contributed by atoms with E-state index in [0.717, 1.165) is 43.7 Å². The summed E-state index contributed by atoms with van der Waals surface area (Å²) in [5.74, 6) is 0.699. The second-order valence-corrected chi connectivity index (χ2v) is 6.52. The molecule has 0 radical (unpaired) electrons. The number of halogens is 1. The Labute approximate surface area is 155 Å². The molecule has 1 aromatic heterocycles. The van der Waals surface area contributed by atoms with E-state index in [0.29, 0.717) is 11.6 Å². The minimum atomic E-state index is -0.0130. The Morgan fingerprint density at radius 2 is 2.08 bits per heavy atom. The van der Waals surface area contributed by atoms with Crippen molar-refractivity contribution in [2.75, 3.05) is 26.7 Å². The first kappa shape index (κ1) is 19.4. The summed E-state index contributed by atoms with van der Waals surface area (Å²) in [4.78, 5) is 14.5. The van der Waals surface area contributed by atoms with E-state index in [-0.39, 0.29) is 18.3 Å². The van der Waals surface area contributed by atoms with E-state index in [4.69, 9.17) is 0 Å². The average molecular weight is 364 g/mol. The summed E-state index contributed by atoms with van der Waals surface area (Å²) in [5, 5.41) is 11.4. The monoisotopic (exact) mass is 363 g/mol. The van der Waals surface area contributed by atoms with Gasteiger partial charge in [-0.25, -0.2) is 4.68 Å². The minimum absolute atomic E-state index is 0. The highest BCUT2D eigenvalue weighted by Crippen LogP contribution is 2.21. The van der Waals surface area contributed by atoms with E-state index in [2.05, 4.69) is 15.6 Å². The van der Waals surface area contributed by atoms with E-state index in [1.807, 2.05) is 43.1 Å². The molecule has 136 valence electrons. The molecule has 0 saturated carbocycles. The Kier molecular flexibility index (Phi) is 6.96. The maximum absolute atomic E-state index is 12.6. The summed E-state index contributed by atoms with van der Waals surface area (Å²) in [6, 6.07) is 7.99. The molecule has 6 nitrogen and oxygen atoms in total. The van der Waals surface area contributed by atoms with Crippen LogP contribution in [0.2, 0.25) is 0 Å². The molecule has 1 amide bonds. The Morgan fingerprint density at radius 3 is 2.76 bits per heavy atom. The van der Waals surface area contributed by atoms with Crippen LogP contribution in [0.25, 0.3) is 5.69 Å². The number of carbonyl (C=O) groups is 1. The first-order valence-electron chi connectivity index (χ1n) is 8.60. The lowest BCUT2D eigenvalue weighted by atomic mass is 9.93. The third-order valence-corrected chi connectivity index (χ3v) is 4.68. The second-order valence-electron chi connectivity index (χ2n) is 6.52. The van der Waals surface area contributed by atoms with Crippen molar-refractivity contribution in [3.05, 3.63) is 41.7 Å². The standard InChI is InChI=1S/C18H25N5O.ClH/c1-14-4-3-5-16(12-14)23-13-17(20-21-23)18(24)22-10-7-15(8-11-22)6-9-19-2;/h3-5,12-13,15,19H,6-11H2,1-2H3;1H. The van der Waals surface area contributed by atoms with E-state index >= 15 is 0 Å². The number of nitrogens with one attached hydrogen (secondary N) is 1. The Morgan fingerprint density at radius 1 is 1.32 bits per heavy atom. The van der Waals surface area contributed by atoms with E-state index < -0.39 is 0 Å². The molecule has 0 aliphatic carbocycles. The zero-order valence-corrected chi connectivity index (χ0v) is 15.6. The van der Waals surface area contributed by atoms with Gasteiger partial charge in [0.25, 0.3) is 5.91 Å². The van der Waals surface area contributed by atoms with Gasteiger partial charge >= 0.3 is 0 Å². The Hall–Kier alpha value is -1.92. The van der Waals surface area contributed by atoms with Crippen molar-refractivity contribution in [1.29, 1.82) is 0 Å². The van der Waals surface area contributed by atoms with Crippen molar-refractivity contribution in [3.63, 3.8) is 0 Å². The van der Waals surface area contributed by atoms with Crippen molar-refractivity contribution in [2.45, 2.75) is 26.2 Å². The zero-order valence-electron chi connectivity index (χ0n) is 14.8. The van der Waals surface area contributed by atoms with Gasteiger partial charge in [0.15, 0.2) is 5.69 Å². The number of amides is 1. The van der Waals surface area contributed by atoms with Crippen LogP contribution in [-0.2, 0) is 0 Å². The molecule has 0 spiro atoms. The molecule has 2 heterocycles. The molecule has 1 aliphatic heterocycles. The van der Waals surface area contributed by atoms with Gasteiger partial charge in [0, 0.05) is 13.1 Å². The number of benzene rings is 1. The number of aromatic nitrogens is 3. The van der Waals surface area contributed by atoms with Gasteiger partial charge in [0.1, 0.15) is 0 Å². The summed E-state index contributed by atoms with van der Waals surface area (Å²) >= 11 is 0. The van der Waals surface area contributed by atoms with Crippen LogP contribution in [0.1, 0.15) is 35.3 Å². The van der Waals surface area contributed by atoms with Gasteiger partial charge in [0.2, 0.25) is 0 Å². The number of hydrogen-bond acceptors (Lipinski definition) is 4. The predicted molar refractivity (Wildman–Crippen MR) is 101 cm³/mol. The van der Waals surface area contributed by atoms with E-state index in [1.54, 1.807) is 10.9 Å². The van der Waals surface area contributed by atoms with E-state index in [1.165, 1.54) is 6.42 Å². The van der Waals surface area contributed by atoms with Crippen LogP contribution in [0.5, 0.6) is 0 Å². The lowest BCUT2D eigenvalue weighted by Gasteiger charge is -2.31. The fourth-order valence-electron chi connectivity index (χ4n) is 3.19. The molecule has 0 bridgehead atoms. The highest BCUT2D eigenvalue weighted by Gasteiger charge is 2.25. The van der Waals surface area contributed by atoms with Gasteiger partial charge in [0.05, 0.1) is 11.9 Å². The van der Waals surface area contributed by atoms with Gasteiger partial charge in [-0.1, -0.05) is 17.3 Å². The van der Waals surface area contributed by atoms with Gasteiger partial charge in [-0.3, -0.25) is 4.79 Å². The van der Waals surface area contributed by atoms with Crippen LogP contribution in [0.15, 0.2) is 30.5 Å². The molecule has 1 N–H and O–H groups in total. The third kappa shape index (κ3) is 4.80. The zero-order chi connectivity index (χ0) is 16.9. The normalized spacial score (nSPS) is 15.0. The SMILES string of the molecule is CNCCC1CCN(C(=O)c2cn(-c3cccc(C)c3)nn2)CC1.Cl. The van der Waals surface area contributed by atoms with Gasteiger partial charge in [-0.15, -0.1) is 17.5 Å². The third-order valence-electron chi connectivity index (χ3n) is 4.68. The molecule has 0 unspecified atom stereocenters. The second kappa shape index (κ2) is 8.97. The van der Waals surface area contributed by atoms with Crippen molar-refractivity contribution in [2.24, 2.45) is 5.92 Å². The smallest absolute Gasteiger partial charge is 0.276 e. The van der Waals surface area contributed by atoms with Gasteiger partial charge < -0.3 is 10.2 Å². The number of nitrogens with zero attached hydrogens (tertiary/aromatic N) is 4. The van der Waals surface area contributed by atoms with E-state index in [9.17, 15) is 4.79 Å². The molecule has 1 aliphatic rings. The number of aryl methyl sites for hydroxylation is 1. The number of likely N-dealkylation sites (tertiary alicyclic amines) is 1. The molecule has 2 aromatic rings. The maximum atomic E-state index is 12.6. The number of piperidine rings is 1. The lowest BCUT2D eigenvalue weighted by Crippen LogP contribution is -2.39. The maximum Gasteiger partial charge on any atom is 0.276 e. The number of hydrogen-bond donors (Lipinski definition) is 1. The fourth-order valence-corrected chi connectivity index (χ4v) is 3.19. The molecule has 0 atom stereocenters. The lowest BCUT2D eigenvalue weighted by molar-refractivity contribution is 0.0681. The summed E-state index contributed by atoms with van der Waals surface area (Å²) in [6.07, 6.45) is 5.05. The summed E-state index contributed by atoms with van der Waals surface area (Å²) in [5.41, 5.74) is 2.50. The molecular formula is C18H26ClN5O. The molecule has 1 saturated heterocycles. The van der Waals surface area contributed by atoms with Crippen LogP contribution in [0, 0.1) is 12.8 Å². The minimum Gasteiger partial charge on any atom is -0.337 e. The largest absolute Gasteiger partial charge is 0.337 e. The molecule has 25 heavy (non-hydrogen) atoms. The number of carbonyl (C=O) groups excluding carboxylic acids is 1. The summed E-state index contributed by atoms with van der Waals surface area (Å²) in [6.45, 7) is 4.70. The topological polar surface area (TPSA) is 63.1 Å². The molecule has 1 fully saturated rings. The van der Waals surface area contributed by atoms with Crippen LogP contribution >= 0.6 is 12.4 Å². The quantitative estimate of drug-likeness (QED) is 0.886.